The van der Waals surface area contributed by atoms with Gasteiger partial charge in [0.25, 0.3) is 0 Å². The summed E-state index contributed by atoms with van der Waals surface area (Å²) in [7, 11) is 1.59. The molecule has 0 amide bonds. The third kappa shape index (κ3) is 2.34. The SMILES string of the molecule is O=S(=O)(Cl)Cc1cc(C2CC3CCC2O3)on1. The molecule has 17 heavy (non-hydrogen) atoms. The summed E-state index contributed by atoms with van der Waals surface area (Å²) in [6, 6.07) is 1.68. The van der Waals surface area contributed by atoms with Crippen molar-refractivity contribution in [3.63, 3.8) is 0 Å². The van der Waals surface area contributed by atoms with E-state index in [0.29, 0.717) is 17.6 Å². The number of hydrogen-bond acceptors (Lipinski definition) is 5. The zero-order valence-corrected chi connectivity index (χ0v) is 10.6. The van der Waals surface area contributed by atoms with Gasteiger partial charge in [-0.25, -0.2) is 8.42 Å². The second kappa shape index (κ2) is 3.96. The molecule has 94 valence electrons. The molecule has 2 aliphatic rings. The summed E-state index contributed by atoms with van der Waals surface area (Å²) in [5, 5.41) is 3.74. The molecular formula is C10H12ClNO4S. The molecule has 1 aromatic heterocycles. The molecule has 2 fully saturated rings. The van der Waals surface area contributed by atoms with Gasteiger partial charge in [0.2, 0.25) is 9.05 Å². The number of halogens is 1. The van der Waals surface area contributed by atoms with E-state index in [2.05, 4.69) is 5.16 Å². The molecule has 2 aliphatic heterocycles. The van der Waals surface area contributed by atoms with E-state index in [4.69, 9.17) is 19.9 Å². The molecule has 0 spiro atoms. The highest BCUT2D eigenvalue weighted by Crippen LogP contribution is 2.44. The monoisotopic (exact) mass is 277 g/mol. The molecule has 0 aliphatic carbocycles. The number of nitrogens with zero attached hydrogens (tertiary/aromatic N) is 1. The third-order valence-electron chi connectivity index (χ3n) is 3.37. The van der Waals surface area contributed by atoms with Crippen molar-refractivity contribution in [3.05, 3.63) is 17.5 Å². The molecule has 3 rings (SSSR count). The smallest absolute Gasteiger partial charge is 0.238 e. The average molecular weight is 278 g/mol. The van der Waals surface area contributed by atoms with Gasteiger partial charge in [-0.05, 0) is 19.3 Å². The second-order valence-corrected chi connectivity index (χ2v) is 7.40. The quantitative estimate of drug-likeness (QED) is 0.788. The minimum absolute atomic E-state index is 0.202. The molecule has 5 nitrogen and oxygen atoms in total. The van der Waals surface area contributed by atoms with Crippen molar-refractivity contribution in [1.82, 2.24) is 5.16 Å². The standard InChI is InChI=1S/C10H12ClNO4S/c11-17(13,14)5-6-3-10(16-12-6)8-4-7-1-2-9(8)15-7/h3,7-9H,1-2,4-5H2. The fourth-order valence-electron chi connectivity index (χ4n) is 2.68. The molecule has 2 bridgehead atoms. The van der Waals surface area contributed by atoms with Gasteiger partial charge in [0.15, 0.2) is 0 Å². The van der Waals surface area contributed by atoms with E-state index in [1.165, 1.54) is 0 Å². The molecule has 1 aromatic rings. The number of rotatable bonds is 3. The predicted molar refractivity (Wildman–Crippen MR) is 60.2 cm³/mol. The third-order valence-corrected chi connectivity index (χ3v) is 4.34. The lowest BCUT2D eigenvalue weighted by atomic mass is 9.87. The Hall–Kier alpha value is -0.590. The highest BCUT2D eigenvalue weighted by atomic mass is 35.7. The minimum Gasteiger partial charge on any atom is -0.374 e. The van der Waals surface area contributed by atoms with Crippen molar-refractivity contribution in [2.75, 3.05) is 0 Å². The number of ether oxygens (including phenoxy) is 1. The van der Waals surface area contributed by atoms with Crippen LogP contribution in [0.25, 0.3) is 0 Å². The van der Waals surface area contributed by atoms with Crippen molar-refractivity contribution in [2.24, 2.45) is 0 Å². The Bertz CT molecular complexity index is 526. The van der Waals surface area contributed by atoms with E-state index in [1.54, 1.807) is 6.07 Å². The van der Waals surface area contributed by atoms with E-state index in [1.807, 2.05) is 0 Å². The van der Waals surface area contributed by atoms with Crippen LogP contribution in [0.5, 0.6) is 0 Å². The first-order valence-electron chi connectivity index (χ1n) is 5.54. The summed E-state index contributed by atoms with van der Waals surface area (Å²) in [5.41, 5.74) is 0.359. The Balaban J connectivity index is 1.77. The van der Waals surface area contributed by atoms with Crippen LogP contribution >= 0.6 is 10.7 Å². The van der Waals surface area contributed by atoms with Crippen LogP contribution in [0.2, 0.25) is 0 Å². The van der Waals surface area contributed by atoms with Crippen LogP contribution in [-0.2, 0) is 19.5 Å². The number of aromatic nitrogens is 1. The van der Waals surface area contributed by atoms with Gasteiger partial charge in [0.1, 0.15) is 17.2 Å². The first-order valence-corrected chi connectivity index (χ1v) is 8.02. The van der Waals surface area contributed by atoms with Gasteiger partial charge < -0.3 is 9.26 Å². The van der Waals surface area contributed by atoms with Crippen LogP contribution in [0.1, 0.15) is 36.6 Å². The van der Waals surface area contributed by atoms with Crippen molar-refractivity contribution >= 4 is 19.7 Å². The van der Waals surface area contributed by atoms with E-state index in [0.717, 1.165) is 19.3 Å². The second-order valence-electron chi connectivity index (χ2n) is 4.62. The summed E-state index contributed by atoms with van der Waals surface area (Å²) in [6.07, 6.45) is 3.62. The molecular weight excluding hydrogens is 266 g/mol. The van der Waals surface area contributed by atoms with Gasteiger partial charge in [-0.15, -0.1) is 0 Å². The largest absolute Gasteiger partial charge is 0.374 e. The number of fused-ring (bicyclic) bond motifs is 2. The van der Waals surface area contributed by atoms with Crippen LogP contribution in [-0.4, -0.2) is 25.8 Å². The first-order chi connectivity index (χ1) is 8.01. The molecule has 3 atom stereocenters. The fraction of sp³-hybridized carbons (Fsp3) is 0.700. The first kappa shape index (κ1) is 11.5. The van der Waals surface area contributed by atoms with Gasteiger partial charge in [-0.1, -0.05) is 5.16 Å². The van der Waals surface area contributed by atoms with Crippen LogP contribution in [0.4, 0.5) is 0 Å². The highest BCUT2D eigenvalue weighted by molar-refractivity contribution is 8.13. The van der Waals surface area contributed by atoms with Crippen LogP contribution < -0.4 is 0 Å². The van der Waals surface area contributed by atoms with Crippen LogP contribution in [0.3, 0.4) is 0 Å². The summed E-state index contributed by atoms with van der Waals surface area (Å²) in [5.74, 6) is 0.639. The van der Waals surface area contributed by atoms with Crippen LogP contribution in [0.15, 0.2) is 10.6 Å². The maximum Gasteiger partial charge on any atom is 0.238 e. The van der Waals surface area contributed by atoms with Gasteiger partial charge in [-0.3, -0.25) is 0 Å². The zero-order chi connectivity index (χ0) is 12.0. The highest BCUT2D eigenvalue weighted by Gasteiger charge is 2.43. The molecule has 2 saturated heterocycles. The van der Waals surface area contributed by atoms with Gasteiger partial charge in [-0.2, -0.15) is 0 Å². The Kier molecular flexibility index (Phi) is 2.68. The lowest BCUT2D eigenvalue weighted by Crippen LogP contribution is -2.13. The summed E-state index contributed by atoms with van der Waals surface area (Å²) >= 11 is 0. The Labute approximate surface area is 103 Å². The zero-order valence-electron chi connectivity index (χ0n) is 9.00. The molecule has 0 radical (unpaired) electrons. The van der Waals surface area contributed by atoms with E-state index in [9.17, 15) is 8.42 Å². The lowest BCUT2D eigenvalue weighted by Gasteiger charge is -2.14. The summed E-state index contributed by atoms with van der Waals surface area (Å²) in [4.78, 5) is 0. The van der Waals surface area contributed by atoms with E-state index in [-0.39, 0.29) is 17.8 Å². The molecule has 0 aromatic carbocycles. The number of hydrogen-bond donors (Lipinski definition) is 0. The molecule has 7 heteroatoms. The molecule has 0 N–H and O–H groups in total. The van der Waals surface area contributed by atoms with Gasteiger partial charge in [0, 0.05) is 22.7 Å². The fourth-order valence-corrected chi connectivity index (χ4v) is 3.51. The molecule has 0 saturated carbocycles. The summed E-state index contributed by atoms with van der Waals surface area (Å²) in [6.45, 7) is 0. The van der Waals surface area contributed by atoms with Crippen molar-refractivity contribution in [3.8, 4) is 0 Å². The van der Waals surface area contributed by atoms with Crippen molar-refractivity contribution in [1.29, 1.82) is 0 Å². The normalized spacial score (nSPS) is 32.2. The Morgan fingerprint density at radius 2 is 2.29 bits per heavy atom. The van der Waals surface area contributed by atoms with Gasteiger partial charge >= 0.3 is 0 Å². The average Bonchev–Trinajstić information content (AvgIpc) is 2.87. The van der Waals surface area contributed by atoms with E-state index >= 15 is 0 Å². The Morgan fingerprint density at radius 1 is 1.47 bits per heavy atom. The van der Waals surface area contributed by atoms with Gasteiger partial charge in [0.05, 0.1) is 12.2 Å². The molecule has 3 unspecified atom stereocenters. The summed E-state index contributed by atoms with van der Waals surface area (Å²) < 4.78 is 32.7. The topological polar surface area (TPSA) is 69.4 Å². The van der Waals surface area contributed by atoms with E-state index < -0.39 is 9.05 Å². The maximum absolute atomic E-state index is 10.9. The lowest BCUT2D eigenvalue weighted by molar-refractivity contribution is 0.0979. The minimum atomic E-state index is -3.58. The Morgan fingerprint density at radius 3 is 2.88 bits per heavy atom. The van der Waals surface area contributed by atoms with Crippen LogP contribution in [0, 0.1) is 0 Å². The molecule has 3 heterocycles. The predicted octanol–water partition coefficient (Wildman–Crippen LogP) is 1.78. The maximum atomic E-state index is 10.9. The van der Waals surface area contributed by atoms with Crippen molar-refractivity contribution < 1.29 is 17.7 Å². The van der Waals surface area contributed by atoms with Crippen molar-refractivity contribution in [2.45, 2.75) is 43.1 Å².